The maximum absolute atomic E-state index is 4.20. The van der Waals surface area contributed by atoms with Crippen LogP contribution in [0.5, 0.6) is 0 Å². The van der Waals surface area contributed by atoms with E-state index >= 15 is 0 Å². The van der Waals surface area contributed by atoms with Gasteiger partial charge in [0.25, 0.3) is 0 Å². The van der Waals surface area contributed by atoms with E-state index in [2.05, 4.69) is 18.8 Å². The lowest BCUT2D eigenvalue weighted by Crippen LogP contribution is -1.94. The van der Waals surface area contributed by atoms with Crippen molar-refractivity contribution in [2.45, 2.75) is 24.6 Å². The number of thiazole rings is 1. The summed E-state index contributed by atoms with van der Waals surface area (Å²) in [5.74, 6) is 2.01. The highest BCUT2D eigenvalue weighted by Gasteiger charge is 2.01. The van der Waals surface area contributed by atoms with Gasteiger partial charge in [-0.15, -0.1) is 11.3 Å². The highest BCUT2D eigenvalue weighted by atomic mass is 32.2. The molecule has 1 nitrogen and oxygen atoms in total. The Morgan fingerprint density at radius 2 is 2.55 bits per heavy atom. The van der Waals surface area contributed by atoms with E-state index < -0.39 is 0 Å². The van der Waals surface area contributed by atoms with Crippen LogP contribution >= 0.6 is 23.1 Å². The van der Waals surface area contributed by atoms with E-state index in [1.54, 1.807) is 11.3 Å². The van der Waals surface area contributed by atoms with E-state index in [-0.39, 0.29) is 0 Å². The smallest absolute Gasteiger partial charge is 0.149 e. The molecule has 3 heteroatoms. The fraction of sp³-hybridized carbons (Fsp3) is 0.625. The summed E-state index contributed by atoms with van der Waals surface area (Å²) >= 11 is 3.59. The number of rotatable bonds is 4. The summed E-state index contributed by atoms with van der Waals surface area (Å²) in [7, 11) is 0. The van der Waals surface area contributed by atoms with E-state index in [9.17, 15) is 0 Å². The third kappa shape index (κ3) is 3.25. The van der Waals surface area contributed by atoms with Crippen LogP contribution in [0.25, 0.3) is 0 Å². The molecule has 11 heavy (non-hydrogen) atoms. The second kappa shape index (κ2) is 4.78. The molecule has 0 aliphatic carbocycles. The standard InChI is InChI=1S/C8H13NS2/c1-3-7(2)6-11-8-9-4-5-10-8/h4-5,7H,3,6H2,1-2H3/t7-/m1/s1. The Morgan fingerprint density at radius 1 is 1.73 bits per heavy atom. The van der Waals surface area contributed by atoms with Crippen molar-refractivity contribution in [3.63, 3.8) is 0 Å². The molecular weight excluding hydrogens is 174 g/mol. The van der Waals surface area contributed by atoms with Crippen molar-refractivity contribution < 1.29 is 0 Å². The van der Waals surface area contributed by atoms with E-state index in [1.807, 2.05) is 23.3 Å². The van der Waals surface area contributed by atoms with Crippen molar-refractivity contribution in [1.29, 1.82) is 0 Å². The molecule has 0 saturated carbocycles. The molecule has 1 rings (SSSR count). The Balaban J connectivity index is 2.23. The van der Waals surface area contributed by atoms with Crippen molar-refractivity contribution in [3.8, 4) is 0 Å². The zero-order valence-electron chi connectivity index (χ0n) is 6.91. The van der Waals surface area contributed by atoms with Crippen LogP contribution < -0.4 is 0 Å². The quantitative estimate of drug-likeness (QED) is 0.671. The summed E-state index contributed by atoms with van der Waals surface area (Å²) in [5.41, 5.74) is 0. The lowest BCUT2D eigenvalue weighted by atomic mass is 10.2. The molecule has 1 aromatic rings. The van der Waals surface area contributed by atoms with Gasteiger partial charge in [0.15, 0.2) is 0 Å². The molecule has 0 amide bonds. The summed E-state index contributed by atoms with van der Waals surface area (Å²) in [6.07, 6.45) is 3.13. The van der Waals surface area contributed by atoms with E-state index in [0.29, 0.717) is 0 Å². The van der Waals surface area contributed by atoms with Crippen molar-refractivity contribution >= 4 is 23.1 Å². The van der Waals surface area contributed by atoms with Gasteiger partial charge < -0.3 is 0 Å². The molecule has 0 bridgehead atoms. The number of aromatic nitrogens is 1. The van der Waals surface area contributed by atoms with Gasteiger partial charge in [-0.05, 0) is 5.92 Å². The van der Waals surface area contributed by atoms with Gasteiger partial charge in [-0.2, -0.15) is 0 Å². The average molecular weight is 187 g/mol. The zero-order chi connectivity index (χ0) is 8.10. The number of nitrogens with zero attached hydrogens (tertiary/aromatic N) is 1. The molecule has 0 aliphatic heterocycles. The minimum absolute atomic E-state index is 0.809. The van der Waals surface area contributed by atoms with E-state index in [0.717, 1.165) is 5.92 Å². The van der Waals surface area contributed by atoms with Crippen molar-refractivity contribution in [1.82, 2.24) is 4.98 Å². The molecule has 0 unspecified atom stereocenters. The third-order valence-corrected chi connectivity index (χ3v) is 3.89. The van der Waals surface area contributed by atoms with Crippen LogP contribution in [-0.4, -0.2) is 10.7 Å². The first-order valence-corrected chi connectivity index (χ1v) is 5.71. The molecule has 1 aromatic heterocycles. The Bertz CT molecular complexity index is 184. The van der Waals surface area contributed by atoms with E-state index in [1.165, 1.54) is 16.5 Å². The van der Waals surface area contributed by atoms with Gasteiger partial charge in [-0.25, -0.2) is 4.98 Å². The highest BCUT2D eigenvalue weighted by Crippen LogP contribution is 2.23. The normalized spacial score (nSPS) is 13.3. The van der Waals surface area contributed by atoms with Gasteiger partial charge in [0.1, 0.15) is 4.34 Å². The van der Waals surface area contributed by atoms with Crippen LogP contribution in [-0.2, 0) is 0 Å². The summed E-state index contributed by atoms with van der Waals surface area (Å²) < 4.78 is 1.20. The minimum atomic E-state index is 0.809. The van der Waals surface area contributed by atoms with Crippen LogP contribution in [0.4, 0.5) is 0 Å². The van der Waals surface area contributed by atoms with Crippen molar-refractivity contribution in [2.75, 3.05) is 5.75 Å². The molecular formula is C8H13NS2. The number of hydrogen-bond donors (Lipinski definition) is 0. The predicted molar refractivity (Wildman–Crippen MR) is 52.3 cm³/mol. The van der Waals surface area contributed by atoms with Gasteiger partial charge in [0.2, 0.25) is 0 Å². The molecule has 0 spiro atoms. The van der Waals surface area contributed by atoms with Gasteiger partial charge in [-0.3, -0.25) is 0 Å². The largest absolute Gasteiger partial charge is 0.238 e. The molecule has 0 radical (unpaired) electrons. The highest BCUT2D eigenvalue weighted by molar-refractivity contribution is 8.01. The molecule has 0 saturated heterocycles. The predicted octanol–water partition coefficient (Wildman–Crippen LogP) is 3.28. The first-order valence-electron chi connectivity index (χ1n) is 3.85. The summed E-state index contributed by atoms with van der Waals surface area (Å²) in [6, 6.07) is 0. The zero-order valence-corrected chi connectivity index (χ0v) is 8.54. The van der Waals surface area contributed by atoms with Gasteiger partial charge in [0, 0.05) is 17.3 Å². The molecule has 0 aromatic carbocycles. The lowest BCUT2D eigenvalue weighted by molar-refractivity contribution is 0.637. The van der Waals surface area contributed by atoms with E-state index in [4.69, 9.17) is 0 Å². The van der Waals surface area contributed by atoms with Crippen LogP contribution in [0, 0.1) is 5.92 Å². The minimum Gasteiger partial charge on any atom is -0.238 e. The Morgan fingerprint density at radius 3 is 3.09 bits per heavy atom. The van der Waals surface area contributed by atoms with Crippen LogP contribution in [0.1, 0.15) is 20.3 Å². The van der Waals surface area contributed by atoms with Crippen molar-refractivity contribution in [2.24, 2.45) is 5.92 Å². The molecule has 1 atom stereocenters. The molecule has 1 heterocycles. The van der Waals surface area contributed by atoms with Gasteiger partial charge in [0.05, 0.1) is 0 Å². The number of hydrogen-bond acceptors (Lipinski definition) is 3. The summed E-state index contributed by atoms with van der Waals surface area (Å²) in [6.45, 7) is 4.51. The fourth-order valence-corrected chi connectivity index (χ4v) is 2.41. The third-order valence-electron chi connectivity index (χ3n) is 1.60. The fourth-order valence-electron chi connectivity index (χ4n) is 0.613. The van der Waals surface area contributed by atoms with Crippen LogP contribution in [0.3, 0.4) is 0 Å². The second-order valence-corrected chi connectivity index (χ2v) is 4.78. The number of thioether (sulfide) groups is 1. The van der Waals surface area contributed by atoms with Crippen LogP contribution in [0.2, 0.25) is 0 Å². The molecule has 62 valence electrons. The SMILES string of the molecule is CC[C@@H](C)CSc1nccs1. The van der Waals surface area contributed by atoms with Gasteiger partial charge in [-0.1, -0.05) is 32.0 Å². The van der Waals surface area contributed by atoms with Crippen LogP contribution in [0.15, 0.2) is 15.9 Å². The first-order chi connectivity index (χ1) is 5.33. The average Bonchev–Trinajstić information content (AvgIpc) is 2.52. The Kier molecular flexibility index (Phi) is 3.94. The maximum atomic E-state index is 4.20. The summed E-state index contributed by atoms with van der Waals surface area (Å²) in [5, 5.41) is 2.03. The van der Waals surface area contributed by atoms with Gasteiger partial charge >= 0.3 is 0 Å². The topological polar surface area (TPSA) is 12.9 Å². The lowest BCUT2D eigenvalue weighted by Gasteiger charge is -2.04. The Labute approximate surface area is 76.2 Å². The second-order valence-electron chi connectivity index (χ2n) is 2.62. The Hall–Kier alpha value is -0.0200. The molecule has 0 N–H and O–H groups in total. The first kappa shape index (κ1) is 9.07. The molecule has 0 aliphatic rings. The maximum Gasteiger partial charge on any atom is 0.149 e. The summed E-state index contributed by atoms with van der Waals surface area (Å²) in [4.78, 5) is 4.20. The van der Waals surface area contributed by atoms with Crippen molar-refractivity contribution in [3.05, 3.63) is 11.6 Å². The monoisotopic (exact) mass is 187 g/mol. The molecule has 0 fully saturated rings.